The number of benzene rings is 1. The number of rotatable bonds is 4. The van der Waals surface area contributed by atoms with E-state index in [0.717, 1.165) is 35.3 Å². The largest absolute Gasteiger partial charge is 0.422 e. The lowest BCUT2D eigenvalue weighted by Gasteiger charge is -2.26. The third-order valence-corrected chi connectivity index (χ3v) is 5.58. The van der Waals surface area contributed by atoms with Gasteiger partial charge in [-0.15, -0.1) is 0 Å². The molecule has 1 fully saturated rings. The van der Waals surface area contributed by atoms with E-state index in [2.05, 4.69) is 16.2 Å². The maximum atomic E-state index is 9.90. The van der Waals surface area contributed by atoms with Gasteiger partial charge in [0.1, 0.15) is 30.4 Å². The summed E-state index contributed by atoms with van der Waals surface area (Å²) in [4.78, 5) is 3.99. The Morgan fingerprint density at radius 1 is 1.30 bits per heavy atom. The molecule has 0 bridgehead atoms. The first-order valence-electron chi connectivity index (χ1n) is 9.96. The summed E-state index contributed by atoms with van der Waals surface area (Å²) in [6, 6.07) is 10.1. The minimum atomic E-state index is -0.372. The molecule has 2 aliphatic heterocycles. The molecular formula is C21H21N7O2. The van der Waals surface area contributed by atoms with Gasteiger partial charge >= 0.3 is 0 Å². The number of hydrogen-bond donors (Lipinski definition) is 1. The van der Waals surface area contributed by atoms with Gasteiger partial charge < -0.3 is 15.2 Å². The van der Waals surface area contributed by atoms with Gasteiger partial charge in [-0.2, -0.15) is 15.5 Å². The van der Waals surface area contributed by atoms with Crippen molar-refractivity contribution in [3.63, 3.8) is 0 Å². The maximum Gasteiger partial charge on any atom is 0.224 e. The molecule has 30 heavy (non-hydrogen) atoms. The molecule has 2 atom stereocenters. The van der Waals surface area contributed by atoms with Gasteiger partial charge in [-0.1, -0.05) is 12.1 Å². The van der Waals surface area contributed by atoms with Gasteiger partial charge in [0.05, 0.1) is 22.9 Å². The van der Waals surface area contributed by atoms with Crippen LogP contribution in [0.1, 0.15) is 48.6 Å². The fourth-order valence-corrected chi connectivity index (χ4v) is 4.16. The quantitative estimate of drug-likeness (QED) is 0.711. The molecule has 0 spiro atoms. The molecule has 152 valence electrons. The van der Waals surface area contributed by atoms with Crippen LogP contribution in [0.25, 0.3) is 5.69 Å². The lowest BCUT2D eigenvalue weighted by molar-refractivity contribution is 0.107. The van der Waals surface area contributed by atoms with Gasteiger partial charge in [-0.25, -0.2) is 14.3 Å². The summed E-state index contributed by atoms with van der Waals surface area (Å²) in [7, 11) is 0. The van der Waals surface area contributed by atoms with Crippen LogP contribution >= 0.6 is 0 Å². The standard InChI is InChI=1S/C21H21N7O2/c1-2-27-21-18(19(26-27)16-4-3-9-29-16)17(15(10-22)20(23)30-21)13-5-7-14(8-6-13)28-12-24-11-25-28/h5-8,11-12,16-17H,2-4,9,23H2,1H3. The van der Waals surface area contributed by atoms with E-state index >= 15 is 0 Å². The number of aromatic nitrogens is 5. The SMILES string of the molecule is CCn1nc(C2CCCO2)c2c1OC(N)=C(C#N)C2c1ccc(-n2cncn2)cc1. The summed E-state index contributed by atoms with van der Waals surface area (Å²) in [5.41, 5.74) is 10.0. The number of nitrogens with zero attached hydrogens (tertiary/aromatic N) is 6. The molecule has 2 N–H and O–H groups in total. The van der Waals surface area contributed by atoms with Crippen LogP contribution in [0, 0.1) is 11.3 Å². The molecule has 3 aromatic rings. The van der Waals surface area contributed by atoms with E-state index in [0.29, 0.717) is 24.6 Å². The Labute approximate surface area is 173 Å². The van der Waals surface area contributed by atoms with E-state index in [1.807, 2.05) is 31.2 Å². The number of aryl methyl sites for hydroxylation is 1. The normalized spacial score (nSPS) is 20.7. The van der Waals surface area contributed by atoms with Crippen molar-refractivity contribution in [3.8, 4) is 17.6 Å². The van der Waals surface area contributed by atoms with Gasteiger partial charge in [-0.3, -0.25) is 0 Å². The second-order valence-electron chi connectivity index (χ2n) is 7.28. The molecule has 2 aliphatic rings. The van der Waals surface area contributed by atoms with Gasteiger partial charge in [0.2, 0.25) is 11.8 Å². The zero-order chi connectivity index (χ0) is 20.7. The van der Waals surface area contributed by atoms with Crippen molar-refractivity contribution in [3.05, 3.63) is 65.2 Å². The van der Waals surface area contributed by atoms with E-state index in [1.54, 1.807) is 15.7 Å². The van der Waals surface area contributed by atoms with Gasteiger partial charge in [0, 0.05) is 13.2 Å². The Morgan fingerprint density at radius 3 is 2.77 bits per heavy atom. The Hall–Kier alpha value is -3.64. The summed E-state index contributed by atoms with van der Waals surface area (Å²) in [5.74, 6) is 0.330. The molecule has 0 aliphatic carbocycles. The van der Waals surface area contributed by atoms with Crippen LogP contribution in [0.4, 0.5) is 0 Å². The first-order chi connectivity index (χ1) is 14.7. The lowest BCUT2D eigenvalue weighted by atomic mass is 9.83. The molecule has 1 saturated heterocycles. The van der Waals surface area contributed by atoms with E-state index in [1.165, 1.54) is 6.33 Å². The first kappa shape index (κ1) is 18.4. The van der Waals surface area contributed by atoms with Crippen LogP contribution in [0.2, 0.25) is 0 Å². The van der Waals surface area contributed by atoms with E-state index in [-0.39, 0.29) is 17.9 Å². The fourth-order valence-electron chi connectivity index (χ4n) is 4.16. The van der Waals surface area contributed by atoms with Crippen LogP contribution in [-0.4, -0.2) is 31.2 Å². The predicted molar refractivity (Wildman–Crippen MR) is 106 cm³/mol. The van der Waals surface area contributed by atoms with Crippen molar-refractivity contribution in [2.75, 3.05) is 6.61 Å². The lowest BCUT2D eigenvalue weighted by Crippen LogP contribution is -2.22. The second kappa shape index (κ2) is 7.31. The Bertz CT molecular complexity index is 1130. The van der Waals surface area contributed by atoms with Gasteiger partial charge in [-0.05, 0) is 37.5 Å². The minimum Gasteiger partial charge on any atom is -0.422 e. The van der Waals surface area contributed by atoms with Crippen LogP contribution in [0.5, 0.6) is 5.88 Å². The number of hydrogen-bond acceptors (Lipinski definition) is 7. The molecule has 5 rings (SSSR count). The molecule has 4 heterocycles. The Morgan fingerprint density at radius 2 is 2.13 bits per heavy atom. The van der Waals surface area contributed by atoms with E-state index in [4.69, 9.17) is 20.3 Å². The third-order valence-electron chi connectivity index (χ3n) is 5.58. The first-order valence-corrected chi connectivity index (χ1v) is 9.96. The minimum absolute atomic E-state index is 0.105. The number of allylic oxidation sites excluding steroid dienone is 1. The fraction of sp³-hybridized carbons (Fsp3) is 0.333. The van der Waals surface area contributed by atoms with Crippen molar-refractivity contribution in [2.24, 2.45) is 5.73 Å². The predicted octanol–water partition coefficient (Wildman–Crippen LogP) is 2.55. The van der Waals surface area contributed by atoms with Crippen LogP contribution in [0.3, 0.4) is 0 Å². The van der Waals surface area contributed by atoms with E-state index in [9.17, 15) is 5.26 Å². The van der Waals surface area contributed by atoms with Crippen molar-refractivity contribution in [1.82, 2.24) is 24.5 Å². The zero-order valence-corrected chi connectivity index (χ0v) is 16.5. The molecule has 0 radical (unpaired) electrons. The van der Waals surface area contributed by atoms with E-state index < -0.39 is 0 Å². The smallest absolute Gasteiger partial charge is 0.224 e. The Kier molecular flexibility index (Phi) is 4.48. The molecule has 2 unspecified atom stereocenters. The van der Waals surface area contributed by atoms with Crippen molar-refractivity contribution in [1.29, 1.82) is 5.26 Å². The monoisotopic (exact) mass is 403 g/mol. The van der Waals surface area contributed by atoms with Crippen molar-refractivity contribution < 1.29 is 9.47 Å². The van der Waals surface area contributed by atoms with Crippen molar-refractivity contribution in [2.45, 2.75) is 38.3 Å². The molecular weight excluding hydrogens is 382 g/mol. The summed E-state index contributed by atoms with van der Waals surface area (Å²) in [5, 5.41) is 18.8. The average molecular weight is 403 g/mol. The molecule has 0 amide bonds. The summed E-state index contributed by atoms with van der Waals surface area (Å²) in [6.45, 7) is 3.33. The van der Waals surface area contributed by atoms with Gasteiger partial charge in [0.25, 0.3) is 0 Å². The highest BCUT2D eigenvalue weighted by molar-refractivity contribution is 5.56. The molecule has 9 heteroatoms. The molecule has 2 aromatic heterocycles. The third kappa shape index (κ3) is 2.84. The average Bonchev–Trinajstić information content (AvgIpc) is 3.53. The van der Waals surface area contributed by atoms with Crippen molar-refractivity contribution >= 4 is 0 Å². The van der Waals surface area contributed by atoms with Crippen LogP contribution in [-0.2, 0) is 11.3 Å². The molecule has 0 saturated carbocycles. The summed E-state index contributed by atoms with van der Waals surface area (Å²) in [6.07, 6.45) is 4.90. The van der Waals surface area contributed by atoms with Gasteiger partial charge in [0.15, 0.2) is 0 Å². The number of fused-ring (bicyclic) bond motifs is 1. The number of nitrogens with two attached hydrogens (primary N) is 1. The Balaban J connectivity index is 1.65. The summed E-state index contributed by atoms with van der Waals surface area (Å²) < 4.78 is 15.3. The number of nitriles is 1. The molecule has 1 aromatic carbocycles. The highest BCUT2D eigenvalue weighted by atomic mass is 16.5. The maximum absolute atomic E-state index is 9.90. The highest BCUT2D eigenvalue weighted by Gasteiger charge is 2.39. The highest BCUT2D eigenvalue weighted by Crippen LogP contribution is 2.47. The molecule has 9 nitrogen and oxygen atoms in total. The number of ether oxygens (including phenoxy) is 2. The second-order valence-corrected chi connectivity index (χ2v) is 7.28. The zero-order valence-electron chi connectivity index (χ0n) is 16.5. The van der Waals surface area contributed by atoms with Crippen LogP contribution in [0.15, 0.2) is 48.4 Å². The van der Waals surface area contributed by atoms with Crippen LogP contribution < -0.4 is 10.5 Å². The summed E-state index contributed by atoms with van der Waals surface area (Å²) >= 11 is 0. The topological polar surface area (TPSA) is 117 Å².